The van der Waals surface area contributed by atoms with Crippen molar-refractivity contribution in [2.24, 2.45) is 13.0 Å². The lowest BCUT2D eigenvalue weighted by molar-refractivity contribution is 0.127. The average molecular weight is 247 g/mol. The Morgan fingerprint density at radius 1 is 1.39 bits per heavy atom. The van der Waals surface area contributed by atoms with Gasteiger partial charge in [-0.15, -0.1) is 0 Å². The van der Waals surface area contributed by atoms with Gasteiger partial charge in [0.25, 0.3) is 0 Å². The molecule has 0 aliphatic carbocycles. The lowest BCUT2D eigenvalue weighted by atomic mass is 10.0. The number of aliphatic hydroxyl groups is 1. The molecule has 2 heterocycles. The van der Waals surface area contributed by atoms with Crippen molar-refractivity contribution in [2.45, 2.75) is 33.4 Å². The molecule has 1 N–H and O–H groups in total. The standard InChI is InChI=1S/C14H21N3O/c1-10(2)14(18)12-5-6-17(8-12)9-13-7-11(3)15-16(13)4/h5-8,10,14,18H,9H2,1-4H3. The molecule has 0 bridgehead atoms. The summed E-state index contributed by atoms with van der Waals surface area (Å²) in [5, 5.41) is 14.3. The molecule has 0 fully saturated rings. The van der Waals surface area contributed by atoms with E-state index in [0.29, 0.717) is 0 Å². The average Bonchev–Trinajstić information content (AvgIpc) is 2.86. The molecule has 98 valence electrons. The van der Waals surface area contributed by atoms with E-state index in [1.54, 1.807) is 0 Å². The van der Waals surface area contributed by atoms with E-state index in [9.17, 15) is 5.11 Å². The van der Waals surface area contributed by atoms with Gasteiger partial charge in [-0.05, 0) is 30.5 Å². The van der Waals surface area contributed by atoms with Gasteiger partial charge in [-0.2, -0.15) is 5.10 Å². The van der Waals surface area contributed by atoms with Crippen molar-refractivity contribution in [3.8, 4) is 0 Å². The van der Waals surface area contributed by atoms with Crippen molar-refractivity contribution in [3.63, 3.8) is 0 Å². The van der Waals surface area contributed by atoms with Gasteiger partial charge >= 0.3 is 0 Å². The monoisotopic (exact) mass is 247 g/mol. The van der Waals surface area contributed by atoms with E-state index in [4.69, 9.17) is 0 Å². The minimum Gasteiger partial charge on any atom is -0.388 e. The molecule has 1 unspecified atom stereocenters. The van der Waals surface area contributed by atoms with Crippen molar-refractivity contribution < 1.29 is 5.11 Å². The van der Waals surface area contributed by atoms with Crippen LogP contribution in [0.25, 0.3) is 0 Å². The summed E-state index contributed by atoms with van der Waals surface area (Å²) in [4.78, 5) is 0. The number of nitrogens with zero attached hydrogens (tertiary/aromatic N) is 3. The summed E-state index contributed by atoms with van der Waals surface area (Å²) in [5.74, 6) is 0.236. The summed E-state index contributed by atoms with van der Waals surface area (Å²) in [6.45, 7) is 6.81. The summed E-state index contributed by atoms with van der Waals surface area (Å²) < 4.78 is 3.98. The molecule has 0 aliphatic heterocycles. The third-order valence-corrected chi connectivity index (χ3v) is 3.19. The van der Waals surface area contributed by atoms with Gasteiger partial charge in [0.2, 0.25) is 0 Å². The van der Waals surface area contributed by atoms with Crippen molar-refractivity contribution >= 4 is 0 Å². The van der Waals surface area contributed by atoms with E-state index >= 15 is 0 Å². The number of hydrogen-bond donors (Lipinski definition) is 1. The molecule has 0 spiro atoms. The normalized spacial score (nSPS) is 13.2. The zero-order valence-corrected chi connectivity index (χ0v) is 11.5. The molecule has 0 amide bonds. The summed E-state index contributed by atoms with van der Waals surface area (Å²) in [5.41, 5.74) is 3.17. The highest BCUT2D eigenvalue weighted by atomic mass is 16.3. The molecule has 4 nitrogen and oxygen atoms in total. The Hall–Kier alpha value is -1.55. The Morgan fingerprint density at radius 3 is 2.67 bits per heavy atom. The number of rotatable bonds is 4. The molecular formula is C14H21N3O. The Kier molecular flexibility index (Phi) is 3.57. The maximum absolute atomic E-state index is 10.0. The first-order chi connectivity index (χ1) is 8.47. The second-order valence-electron chi connectivity index (χ2n) is 5.21. The third-order valence-electron chi connectivity index (χ3n) is 3.19. The fourth-order valence-corrected chi connectivity index (χ4v) is 2.12. The molecule has 0 aromatic carbocycles. The van der Waals surface area contributed by atoms with Crippen LogP contribution in [0.1, 0.15) is 36.9 Å². The fraction of sp³-hybridized carbons (Fsp3) is 0.500. The molecule has 0 aliphatic rings. The first kappa shape index (κ1) is 12.9. The Bertz CT molecular complexity index is 525. The second kappa shape index (κ2) is 4.98. The molecule has 1 atom stereocenters. The molecule has 0 saturated carbocycles. The van der Waals surface area contributed by atoms with Crippen LogP contribution in [0.15, 0.2) is 24.5 Å². The molecule has 2 rings (SSSR count). The van der Waals surface area contributed by atoms with Crippen LogP contribution in [0, 0.1) is 12.8 Å². The smallest absolute Gasteiger partial charge is 0.0827 e. The van der Waals surface area contributed by atoms with Crippen LogP contribution < -0.4 is 0 Å². The minimum atomic E-state index is -0.389. The van der Waals surface area contributed by atoms with E-state index in [1.165, 1.54) is 0 Å². The molecule has 4 heteroatoms. The van der Waals surface area contributed by atoms with E-state index < -0.39 is 0 Å². The van der Waals surface area contributed by atoms with Crippen LogP contribution in [0.5, 0.6) is 0 Å². The number of aryl methyl sites for hydroxylation is 2. The number of aliphatic hydroxyl groups excluding tert-OH is 1. The van der Waals surface area contributed by atoms with E-state index in [0.717, 1.165) is 23.5 Å². The summed E-state index contributed by atoms with van der Waals surface area (Å²) in [6.07, 6.45) is 3.62. The van der Waals surface area contributed by atoms with Crippen LogP contribution in [0.3, 0.4) is 0 Å². The highest BCUT2D eigenvalue weighted by Gasteiger charge is 2.13. The van der Waals surface area contributed by atoms with Gasteiger partial charge in [0, 0.05) is 19.4 Å². The van der Waals surface area contributed by atoms with E-state index in [1.807, 2.05) is 51.0 Å². The lowest BCUT2D eigenvalue weighted by Crippen LogP contribution is -2.06. The van der Waals surface area contributed by atoms with Crippen LogP contribution in [0.2, 0.25) is 0 Å². The van der Waals surface area contributed by atoms with E-state index in [-0.39, 0.29) is 12.0 Å². The van der Waals surface area contributed by atoms with Crippen LogP contribution in [-0.2, 0) is 13.6 Å². The quantitative estimate of drug-likeness (QED) is 0.900. The first-order valence-electron chi connectivity index (χ1n) is 6.30. The Balaban J connectivity index is 2.14. The highest BCUT2D eigenvalue weighted by Crippen LogP contribution is 2.21. The molecule has 2 aromatic rings. The van der Waals surface area contributed by atoms with E-state index in [2.05, 4.69) is 15.7 Å². The maximum Gasteiger partial charge on any atom is 0.0827 e. The van der Waals surface area contributed by atoms with Crippen molar-refractivity contribution in [1.82, 2.24) is 14.3 Å². The Morgan fingerprint density at radius 2 is 2.11 bits per heavy atom. The van der Waals surface area contributed by atoms with Gasteiger partial charge in [0.1, 0.15) is 0 Å². The molecule has 18 heavy (non-hydrogen) atoms. The highest BCUT2D eigenvalue weighted by molar-refractivity contribution is 5.16. The summed E-state index contributed by atoms with van der Waals surface area (Å²) in [6, 6.07) is 4.06. The van der Waals surface area contributed by atoms with Gasteiger partial charge in [-0.25, -0.2) is 0 Å². The summed E-state index contributed by atoms with van der Waals surface area (Å²) in [7, 11) is 1.95. The largest absolute Gasteiger partial charge is 0.388 e. The van der Waals surface area contributed by atoms with Gasteiger partial charge in [0.05, 0.1) is 24.0 Å². The molecule has 0 saturated heterocycles. The van der Waals surface area contributed by atoms with Gasteiger partial charge < -0.3 is 9.67 Å². The molecule has 2 aromatic heterocycles. The SMILES string of the molecule is Cc1cc(Cn2ccc(C(O)C(C)C)c2)n(C)n1. The van der Waals surface area contributed by atoms with Crippen LogP contribution in [-0.4, -0.2) is 19.5 Å². The molecule has 0 radical (unpaired) electrons. The number of aromatic nitrogens is 3. The van der Waals surface area contributed by atoms with Crippen molar-refractivity contribution in [2.75, 3.05) is 0 Å². The van der Waals surface area contributed by atoms with Gasteiger partial charge in [-0.3, -0.25) is 4.68 Å². The fourth-order valence-electron chi connectivity index (χ4n) is 2.12. The summed E-state index contributed by atoms with van der Waals surface area (Å²) >= 11 is 0. The van der Waals surface area contributed by atoms with Crippen molar-refractivity contribution in [3.05, 3.63) is 41.5 Å². The zero-order chi connectivity index (χ0) is 13.3. The van der Waals surface area contributed by atoms with Crippen LogP contribution >= 0.6 is 0 Å². The topological polar surface area (TPSA) is 43.0 Å². The number of hydrogen-bond acceptors (Lipinski definition) is 2. The molecular weight excluding hydrogens is 226 g/mol. The predicted molar refractivity (Wildman–Crippen MR) is 71.3 cm³/mol. The first-order valence-corrected chi connectivity index (χ1v) is 6.30. The van der Waals surface area contributed by atoms with Gasteiger partial charge in [-0.1, -0.05) is 13.8 Å². The maximum atomic E-state index is 10.0. The van der Waals surface area contributed by atoms with Crippen LogP contribution in [0.4, 0.5) is 0 Å². The third kappa shape index (κ3) is 2.64. The van der Waals surface area contributed by atoms with Crippen molar-refractivity contribution in [1.29, 1.82) is 0 Å². The van der Waals surface area contributed by atoms with Gasteiger partial charge in [0.15, 0.2) is 0 Å². The lowest BCUT2D eigenvalue weighted by Gasteiger charge is -2.12. The predicted octanol–water partition coefficient (Wildman–Crippen LogP) is 2.27. The zero-order valence-electron chi connectivity index (χ0n) is 11.5. The second-order valence-corrected chi connectivity index (χ2v) is 5.21. The minimum absolute atomic E-state index is 0.236. The Labute approximate surface area is 108 Å².